The van der Waals surface area contributed by atoms with Gasteiger partial charge >= 0.3 is 0 Å². The highest BCUT2D eigenvalue weighted by Crippen LogP contribution is 2.54. The Balaban J connectivity index is 1.53. The third-order valence-corrected chi connectivity index (χ3v) is 7.98. The predicted molar refractivity (Wildman–Crippen MR) is 130 cm³/mol. The molecule has 33 heavy (non-hydrogen) atoms. The normalized spacial score (nSPS) is 28.5. The van der Waals surface area contributed by atoms with E-state index < -0.39 is 11.1 Å². The van der Waals surface area contributed by atoms with Crippen LogP contribution in [0.15, 0.2) is 41.7 Å². The predicted octanol–water partition coefficient (Wildman–Crippen LogP) is 3.48. The van der Waals surface area contributed by atoms with Crippen LogP contribution in [0, 0.1) is 5.92 Å². The van der Waals surface area contributed by atoms with Gasteiger partial charge in [-0.2, -0.15) is 0 Å². The number of carbonyl (C=O) groups excluding carboxylic acids is 1. The van der Waals surface area contributed by atoms with Crippen LogP contribution in [0.3, 0.4) is 0 Å². The van der Waals surface area contributed by atoms with Gasteiger partial charge in [-0.3, -0.25) is 9.78 Å². The topological polar surface area (TPSA) is 110 Å². The van der Waals surface area contributed by atoms with Crippen LogP contribution in [0.1, 0.15) is 38.7 Å². The fourth-order valence-electron chi connectivity index (χ4n) is 5.14. The summed E-state index contributed by atoms with van der Waals surface area (Å²) < 4.78 is 6.47. The van der Waals surface area contributed by atoms with Gasteiger partial charge in [-0.1, -0.05) is 29.4 Å². The van der Waals surface area contributed by atoms with E-state index >= 15 is 0 Å². The number of amides is 1. The summed E-state index contributed by atoms with van der Waals surface area (Å²) in [6.45, 7) is 3.00. The standard InChI is InChI=1S/C24H27ClN4O3S/c1-23(2,31)21(30)28-16-4-6-20-18(9-16)24(12-33-22(26)29-24)17-8-13(3-5-19(17)32-20)14-7-15(25)11-27-10-14/h3,5,7-8,10-11,16,18,20,31H,4,6,9,12H2,1-2H3,(H2,26,29)(H,28,30)/t16-,18-,20-,24?/m0/s1. The number of aliphatic imine (C=N–C) groups is 1. The Labute approximate surface area is 202 Å². The molecule has 2 aromatic rings. The van der Waals surface area contributed by atoms with Crippen molar-refractivity contribution in [1.82, 2.24) is 10.3 Å². The summed E-state index contributed by atoms with van der Waals surface area (Å²) in [5, 5.41) is 14.3. The molecule has 1 saturated carbocycles. The number of aliphatic hydroxyl groups is 1. The minimum atomic E-state index is -1.42. The van der Waals surface area contributed by atoms with Crippen molar-refractivity contribution in [2.24, 2.45) is 16.6 Å². The van der Waals surface area contributed by atoms with Gasteiger partial charge in [0.25, 0.3) is 5.91 Å². The zero-order valence-electron chi connectivity index (χ0n) is 18.5. The van der Waals surface area contributed by atoms with Crippen LogP contribution < -0.4 is 15.8 Å². The molecule has 1 amide bonds. The molecule has 9 heteroatoms. The van der Waals surface area contributed by atoms with Crippen LogP contribution in [0.5, 0.6) is 5.75 Å². The van der Waals surface area contributed by atoms with Crippen LogP contribution in [0.2, 0.25) is 5.02 Å². The van der Waals surface area contributed by atoms with Crippen molar-refractivity contribution in [2.45, 2.75) is 56.4 Å². The van der Waals surface area contributed by atoms with Crippen LogP contribution in [0.25, 0.3) is 11.1 Å². The molecular formula is C24H27ClN4O3S. The zero-order valence-corrected chi connectivity index (χ0v) is 20.1. The maximum Gasteiger partial charge on any atom is 0.251 e. The lowest BCUT2D eigenvalue weighted by Gasteiger charge is -2.49. The number of nitrogens with zero attached hydrogens (tertiary/aromatic N) is 2. The third-order valence-electron chi connectivity index (χ3n) is 6.80. The Hall–Kier alpha value is -2.29. The maximum atomic E-state index is 12.4. The number of carbonyl (C=O) groups is 1. The van der Waals surface area contributed by atoms with Gasteiger partial charge in [-0.15, -0.1) is 0 Å². The molecule has 4 N–H and O–H groups in total. The molecule has 0 radical (unpaired) electrons. The number of nitrogens with two attached hydrogens (primary N) is 1. The number of hydrogen-bond donors (Lipinski definition) is 3. The first-order chi connectivity index (χ1) is 15.7. The first kappa shape index (κ1) is 22.5. The Kier molecular flexibility index (Phi) is 5.58. The summed E-state index contributed by atoms with van der Waals surface area (Å²) in [7, 11) is 0. The van der Waals surface area contributed by atoms with E-state index in [1.807, 2.05) is 18.2 Å². The van der Waals surface area contributed by atoms with E-state index in [9.17, 15) is 9.90 Å². The molecule has 1 aromatic heterocycles. The second kappa shape index (κ2) is 8.18. The molecule has 3 heterocycles. The summed E-state index contributed by atoms with van der Waals surface area (Å²) >= 11 is 7.73. The van der Waals surface area contributed by atoms with E-state index in [0.29, 0.717) is 16.6 Å². The first-order valence-electron chi connectivity index (χ1n) is 11.1. The van der Waals surface area contributed by atoms with Gasteiger partial charge in [0.05, 0.1) is 5.02 Å². The lowest BCUT2D eigenvalue weighted by atomic mass is 9.67. The Bertz CT molecular complexity index is 1130. The number of halogens is 1. The van der Waals surface area contributed by atoms with Crippen molar-refractivity contribution in [3.63, 3.8) is 0 Å². The quantitative estimate of drug-likeness (QED) is 0.612. The first-order valence-corrected chi connectivity index (χ1v) is 12.5. The summed E-state index contributed by atoms with van der Waals surface area (Å²) in [6, 6.07) is 7.96. The second-order valence-corrected chi connectivity index (χ2v) is 11.0. The maximum absolute atomic E-state index is 12.4. The molecule has 0 bridgehead atoms. The van der Waals surface area contributed by atoms with Crippen LogP contribution in [-0.2, 0) is 10.3 Å². The molecule has 3 aliphatic rings. The van der Waals surface area contributed by atoms with Crippen molar-refractivity contribution in [1.29, 1.82) is 0 Å². The SMILES string of the molecule is CC(C)(O)C(=O)N[C@H]1CC[C@@H]2Oc3ccc(-c4cncc(Cl)c4)cc3C3(CSC(N)=N3)[C@H]2C1. The van der Waals surface area contributed by atoms with E-state index in [1.165, 1.54) is 13.8 Å². The van der Waals surface area contributed by atoms with Gasteiger partial charge in [0.15, 0.2) is 5.17 Å². The summed E-state index contributed by atoms with van der Waals surface area (Å²) in [6.07, 6.45) is 5.67. The zero-order chi connectivity index (χ0) is 23.4. The number of thioether (sulfide) groups is 1. The molecule has 1 unspecified atom stereocenters. The van der Waals surface area contributed by atoms with E-state index in [2.05, 4.69) is 16.4 Å². The van der Waals surface area contributed by atoms with Crippen molar-refractivity contribution in [2.75, 3.05) is 5.75 Å². The molecule has 1 spiro atoms. The molecule has 2 aliphatic heterocycles. The molecule has 7 nitrogen and oxygen atoms in total. The number of ether oxygens (including phenoxy) is 1. The molecule has 5 rings (SSSR count). The lowest BCUT2D eigenvalue weighted by molar-refractivity contribution is -0.138. The monoisotopic (exact) mass is 486 g/mol. The van der Waals surface area contributed by atoms with Crippen molar-refractivity contribution in [3.05, 3.63) is 47.2 Å². The number of hydrogen-bond acceptors (Lipinski definition) is 7. The molecule has 1 aromatic carbocycles. The minimum absolute atomic E-state index is 0.0123. The lowest BCUT2D eigenvalue weighted by Crippen LogP contribution is -2.55. The number of amidine groups is 1. The van der Waals surface area contributed by atoms with Crippen molar-refractivity contribution >= 4 is 34.4 Å². The number of pyridine rings is 1. The van der Waals surface area contributed by atoms with Crippen LogP contribution in [-0.4, -0.2) is 44.7 Å². The van der Waals surface area contributed by atoms with Crippen molar-refractivity contribution in [3.8, 4) is 16.9 Å². The van der Waals surface area contributed by atoms with E-state index in [0.717, 1.165) is 41.0 Å². The second-order valence-electron chi connectivity index (χ2n) is 9.57. The van der Waals surface area contributed by atoms with Crippen LogP contribution >= 0.6 is 23.4 Å². The highest BCUT2D eigenvalue weighted by molar-refractivity contribution is 8.14. The van der Waals surface area contributed by atoms with E-state index in [-0.39, 0.29) is 24.0 Å². The largest absolute Gasteiger partial charge is 0.490 e. The number of rotatable bonds is 3. The Morgan fingerprint density at radius 2 is 2.12 bits per heavy atom. The number of nitrogens with one attached hydrogen (secondary N) is 1. The van der Waals surface area contributed by atoms with Gasteiger partial charge < -0.3 is 20.9 Å². The van der Waals surface area contributed by atoms with Gasteiger partial charge in [-0.05, 0) is 56.9 Å². The van der Waals surface area contributed by atoms with E-state index in [4.69, 9.17) is 27.1 Å². The molecule has 4 atom stereocenters. The summed E-state index contributed by atoms with van der Waals surface area (Å²) in [5.41, 5.74) is 7.16. The van der Waals surface area contributed by atoms with Gasteiger partial charge in [0, 0.05) is 41.2 Å². The molecule has 0 saturated heterocycles. The minimum Gasteiger partial charge on any atom is -0.490 e. The molecule has 174 valence electrons. The average molecular weight is 487 g/mol. The number of aromatic nitrogens is 1. The molecule has 1 fully saturated rings. The molecular weight excluding hydrogens is 460 g/mol. The number of fused-ring (bicyclic) bond motifs is 4. The fraction of sp³-hybridized carbons (Fsp3) is 0.458. The fourth-order valence-corrected chi connectivity index (χ4v) is 6.34. The Morgan fingerprint density at radius 3 is 2.82 bits per heavy atom. The van der Waals surface area contributed by atoms with E-state index in [1.54, 1.807) is 24.2 Å². The highest BCUT2D eigenvalue weighted by atomic mass is 35.5. The highest BCUT2D eigenvalue weighted by Gasteiger charge is 2.54. The smallest absolute Gasteiger partial charge is 0.251 e. The van der Waals surface area contributed by atoms with Gasteiger partial charge in [-0.25, -0.2) is 4.99 Å². The summed E-state index contributed by atoms with van der Waals surface area (Å²) in [4.78, 5) is 21.6. The third kappa shape index (κ3) is 4.09. The Morgan fingerprint density at radius 1 is 1.30 bits per heavy atom. The van der Waals surface area contributed by atoms with Crippen molar-refractivity contribution < 1.29 is 14.6 Å². The average Bonchev–Trinajstić information content (AvgIpc) is 3.16. The molecule has 1 aliphatic carbocycles. The van der Waals surface area contributed by atoms with Gasteiger partial charge in [0.2, 0.25) is 0 Å². The number of benzene rings is 1. The van der Waals surface area contributed by atoms with Gasteiger partial charge in [0.1, 0.15) is 23.0 Å². The van der Waals surface area contributed by atoms with Crippen LogP contribution in [0.4, 0.5) is 0 Å². The summed E-state index contributed by atoms with van der Waals surface area (Å²) in [5.74, 6) is 1.23.